The zero-order valence-corrected chi connectivity index (χ0v) is 17.6. The summed E-state index contributed by atoms with van der Waals surface area (Å²) in [6.45, 7) is 0. The predicted octanol–water partition coefficient (Wildman–Crippen LogP) is 6.29. The Balaban J connectivity index is 1.64. The highest BCUT2D eigenvalue weighted by atomic mass is 35.5. The van der Waals surface area contributed by atoms with E-state index in [0.717, 1.165) is 53.2 Å². The summed E-state index contributed by atoms with van der Waals surface area (Å²) in [5.41, 5.74) is 3.53. The van der Waals surface area contributed by atoms with E-state index in [2.05, 4.69) is 10.3 Å². The van der Waals surface area contributed by atoms with Crippen LogP contribution in [-0.4, -0.2) is 19.2 Å². The lowest BCUT2D eigenvalue weighted by Crippen LogP contribution is -2.14. The maximum absolute atomic E-state index is 13.2. The van der Waals surface area contributed by atoms with Gasteiger partial charge < -0.3 is 10.1 Å². The first-order valence-electron chi connectivity index (χ1n) is 9.53. The number of hydrogen-bond acceptors (Lipinski definition) is 4. The maximum Gasteiger partial charge on any atom is 0.259 e. The number of ether oxygens (including phenoxy) is 1. The molecule has 1 heterocycles. The second-order valence-corrected chi connectivity index (χ2v) is 8.40. The van der Waals surface area contributed by atoms with Gasteiger partial charge in [0.05, 0.1) is 12.7 Å². The number of thiophene rings is 1. The van der Waals surface area contributed by atoms with Crippen LogP contribution in [0.25, 0.3) is 0 Å². The van der Waals surface area contributed by atoms with Crippen LogP contribution in [0.3, 0.4) is 0 Å². The Morgan fingerprint density at radius 2 is 1.83 bits per heavy atom. The molecule has 148 valence electrons. The first-order chi connectivity index (χ1) is 14.1. The lowest BCUT2D eigenvalue weighted by atomic mass is 9.95. The third kappa shape index (κ3) is 4.52. The number of amides is 1. The average Bonchev–Trinajstić information content (AvgIpc) is 3.12. The molecule has 0 radical (unpaired) electrons. The van der Waals surface area contributed by atoms with Gasteiger partial charge in [0.2, 0.25) is 0 Å². The van der Waals surface area contributed by atoms with Gasteiger partial charge in [0, 0.05) is 21.8 Å². The van der Waals surface area contributed by atoms with Gasteiger partial charge in [-0.15, -0.1) is 11.3 Å². The fourth-order valence-corrected chi connectivity index (χ4v) is 4.78. The zero-order valence-electron chi connectivity index (χ0n) is 16.1. The summed E-state index contributed by atoms with van der Waals surface area (Å²) in [7, 11) is 1.62. The zero-order chi connectivity index (χ0) is 20.2. The summed E-state index contributed by atoms with van der Waals surface area (Å²) >= 11 is 7.58. The minimum Gasteiger partial charge on any atom is -0.497 e. The summed E-state index contributed by atoms with van der Waals surface area (Å²) in [4.78, 5) is 19.1. The van der Waals surface area contributed by atoms with Gasteiger partial charge in [-0.1, -0.05) is 23.7 Å². The van der Waals surface area contributed by atoms with Gasteiger partial charge in [-0.05, 0) is 73.2 Å². The molecule has 1 amide bonds. The third-order valence-corrected chi connectivity index (χ3v) is 6.38. The molecule has 1 aliphatic carbocycles. The van der Waals surface area contributed by atoms with Crippen molar-refractivity contribution in [1.29, 1.82) is 0 Å². The second-order valence-electron chi connectivity index (χ2n) is 6.88. The maximum atomic E-state index is 13.2. The Morgan fingerprint density at radius 3 is 2.55 bits per heavy atom. The Labute approximate surface area is 179 Å². The Kier molecular flexibility index (Phi) is 5.97. The molecule has 4 nitrogen and oxygen atoms in total. The molecule has 0 unspecified atom stereocenters. The van der Waals surface area contributed by atoms with Crippen LogP contribution in [0, 0.1) is 0 Å². The van der Waals surface area contributed by atoms with Crippen molar-refractivity contribution >= 4 is 45.7 Å². The van der Waals surface area contributed by atoms with E-state index in [-0.39, 0.29) is 5.91 Å². The molecule has 4 rings (SSSR count). The number of benzene rings is 2. The van der Waals surface area contributed by atoms with E-state index in [9.17, 15) is 4.79 Å². The summed E-state index contributed by atoms with van der Waals surface area (Å²) in [6, 6.07) is 14.8. The molecule has 1 N–H and O–H groups in total. The molecule has 0 bridgehead atoms. The number of aryl methyl sites for hydroxylation is 1. The molecule has 1 aliphatic rings. The first-order valence-corrected chi connectivity index (χ1v) is 10.7. The average molecular weight is 425 g/mol. The molecule has 0 saturated heterocycles. The Hall–Kier alpha value is -2.63. The molecular formula is C23H21ClN2O2S. The van der Waals surface area contributed by atoms with Crippen LogP contribution in [0.1, 0.15) is 39.2 Å². The molecule has 0 atom stereocenters. The van der Waals surface area contributed by atoms with Crippen LogP contribution in [0.15, 0.2) is 53.5 Å². The van der Waals surface area contributed by atoms with Gasteiger partial charge in [-0.2, -0.15) is 0 Å². The molecule has 0 fully saturated rings. The molecule has 0 saturated carbocycles. The number of nitrogens with one attached hydrogen (secondary N) is 1. The summed E-state index contributed by atoms with van der Waals surface area (Å²) in [5, 5.41) is 4.46. The number of carbonyl (C=O) groups is 1. The van der Waals surface area contributed by atoms with Gasteiger partial charge in [0.1, 0.15) is 10.8 Å². The van der Waals surface area contributed by atoms with Crippen molar-refractivity contribution in [2.24, 2.45) is 4.99 Å². The molecule has 1 aromatic heterocycles. The van der Waals surface area contributed by atoms with Crippen molar-refractivity contribution in [3.63, 3.8) is 0 Å². The van der Waals surface area contributed by atoms with Crippen molar-refractivity contribution in [3.05, 3.63) is 75.1 Å². The number of rotatable bonds is 5. The van der Waals surface area contributed by atoms with Crippen molar-refractivity contribution in [3.8, 4) is 5.75 Å². The molecule has 0 aliphatic heterocycles. The van der Waals surface area contributed by atoms with E-state index in [0.29, 0.717) is 10.6 Å². The lowest BCUT2D eigenvalue weighted by molar-refractivity contribution is 0.102. The van der Waals surface area contributed by atoms with Gasteiger partial charge in [-0.25, -0.2) is 4.99 Å². The van der Waals surface area contributed by atoms with E-state index in [1.807, 2.05) is 48.5 Å². The number of carbonyl (C=O) groups excluding carboxylic acids is 1. The molecule has 29 heavy (non-hydrogen) atoms. The molecule has 3 aromatic rings. The highest BCUT2D eigenvalue weighted by Gasteiger charge is 2.25. The van der Waals surface area contributed by atoms with E-state index in [4.69, 9.17) is 16.3 Å². The fourth-order valence-electron chi connectivity index (χ4n) is 3.43. The van der Waals surface area contributed by atoms with Crippen molar-refractivity contribution in [2.45, 2.75) is 25.7 Å². The first kappa shape index (κ1) is 19.7. The van der Waals surface area contributed by atoms with Gasteiger partial charge in [0.25, 0.3) is 5.91 Å². The predicted molar refractivity (Wildman–Crippen MR) is 121 cm³/mol. The molecular weight excluding hydrogens is 404 g/mol. The number of nitrogens with zero attached hydrogens (tertiary/aromatic N) is 1. The number of anilines is 1. The van der Waals surface area contributed by atoms with Crippen molar-refractivity contribution < 1.29 is 9.53 Å². The molecule has 6 heteroatoms. The number of hydrogen-bond donors (Lipinski definition) is 1. The minimum atomic E-state index is -0.113. The van der Waals surface area contributed by atoms with Gasteiger partial charge >= 0.3 is 0 Å². The van der Waals surface area contributed by atoms with Crippen LogP contribution in [0.4, 0.5) is 10.7 Å². The minimum absolute atomic E-state index is 0.113. The van der Waals surface area contributed by atoms with E-state index >= 15 is 0 Å². The van der Waals surface area contributed by atoms with E-state index in [1.54, 1.807) is 24.7 Å². The van der Waals surface area contributed by atoms with E-state index < -0.39 is 0 Å². The van der Waals surface area contributed by atoms with Crippen LogP contribution in [-0.2, 0) is 12.8 Å². The lowest BCUT2D eigenvalue weighted by Gasteiger charge is -2.13. The Morgan fingerprint density at radius 1 is 1.10 bits per heavy atom. The SMILES string of the molecule is COc1ccc(NC(=O)c2c(/N=C/c3ccc(Cl)cc3)sc3c2CCCC3)cc1. The van der Waals surface area contributed by atoms with E-state index in [1.165, 1.54) is 4.88 Å². The summed E-state index contributed by atoms with van der Waals surface area (Å²) in [6.07, 6.45) is 5.99. The third-order valence-electron chi connectivity index (χ3n) is 4.93. The molecule has 0 spiro atoms. The highest BCUT2D eigenvalue weighted by molar-refractivity contribution is 7.16. The van der Waals surface area contributed by atoms with Crippen LogP contribution >= 0.6 is 22.9 Å². The van der Waals surface area contributed by atoms with Crippen LogP contribution in [0.2, 0.25) is 5.02 Å². The number of halogens is 1. The topological polar surface area (TPSA) is 50.7 Å². The fraction of sp³-hybridized carbons (Fsp3) is 0.217. The van der Waals surface area contributed by atoms with Crippen molar-refractivity contribution in [2.75, 3.05) is 12.4 Å². The summed E-state index contributed by atoms with van der Waals surface area (Å²) < 4.78 is 5.18. The number of aliphatic imine (C=N–C) groups is 1. The monoisotopic (exact) mass is 424 g/mol. The van der Waals surface area contributed by atoms with Crippen molar-refractivity contribution in [1.82, 2.24) is 0 Å². The second kappa shape index (κ2) is 8.80. The summed E-state index contributed by atoms with van der Waals surface area (Å²) in [5.74, 6) is 0.641. The van der Waals surface area contributed by atoms with Gasteiger partial charge in [0.15, 0.2) is 0 Å². The normalized spacial score (nSPS) is 13.3. The Bertz CT molecular complexity index is 1040. The van der Waals surface area contributed by atoms with Crippen LogP contribution < -0.4 is 10.1 Å². The largest absolute Gasteiger partial charge is 0.497 e. The number of fused-ring (bicyclic) bond motifs is 1. The van der Waals surface area contributed by atoms with Gasteiger partial charge in [-0.3, -0.25) is 4.79 Å². The van der Waals surface area contributed by atoms with Crippen LogP contribution in [0.5, 0.6) is 5.75 Å². The smallest absolute Gasteiger partial charge is 0.259 e. The standard InChI is InChI=1S/C23H21ClN2O2S/c1-28-18-12-10-17(11-13-18)26-22(27)21-19-4-2-3-5-20(19)29-23(21)25-14-15-6-8-16(24)9-7-15/h6-14H,2-5H2,1H3,(H,26,27)/b25-14+. The highest BCUT2D eigenvalue weighted by Crippen LogP contribution is 2.40. The quantitative estimate of drug-likeness (QED) is 0.489. The number of methoxy groups -OCH3 is 1. The molecule has 2 aromatic carbocycles.